The molecule has 2 aromatic carbocycles. The number of amides is 1. The Bertz CT molecular complexity index is 1920. The van der Waals surface area contributed by atoms with Crippen LogP contribution in [-0.2, 0) is 45.1 Å². The van der Waals surface area contributed by atoms with Crippen molar-refractivity contribution >= 4 is 47.3 Å². The number of ether oxygens (including phenoxy) is 4. The number of anilines is 1. The molecule has 0 spiro atoms. The van der Waals surface area contributed by atoms with Gasteiger partial charge in [-0.3, -0.25) is 9.36 Å². The third-order valence-electron chi connectivity index (χ3n) is 8.73. The molecule has 12 heteroatoms. The Labute approximate surface area is 299 Å². The summed E-state index contributed by atoms with van der Waals surface area (Å²) >= 11 is 1.49. The summed E-state index contributed by atoms with van der Waals surface area (Å²) in [5, 5.41) is 0. The highest BCUT2D eigenvalue weighted by atomic mass is 32.1. The number of thiazole rings is 1. The molecular weight excluding hydrogens is 669 g/mol. The minimum Gasteiger partial charge on any atom is -0.455 e. The Hall–Kier alpha value is -3.68. The molecule has 0 unspecified atom stereocenters. The number of para-hydroxylation sites is 1. The second-order valence-corrected chi connectivity index (χ2v) is 21.7. The average molecular weight is 717 g/mol. The second kappa shape index (κ2) is 15.3. The molecule has 0 saturated carbocycles. The molecule has 4 aromatic rings. The molecule has 6 rings (SSSR count). The summed E-state index contributed by atoms with van der Waals surface area (Å²) in [6.45, 7) is 15.9. The summed E-state index contributed by atoms with van der Waals surface area (Å²) in [6.07, 6.45) is 1.63. The molecule has 2 aliphatic rings. The highest BCUT2D eigenvalue weighted by molar-refractivity contribution is 7.16. The molecule has 266 valence electrons. The SMILES string of the molecule is CC(C)(C)OC(=O)c1nc(N2CCc3cccc(C(=O)/N=c4/sc5ccccc5n4COCC[Si](C)(C)C)c3C2)ccc1CCC1OCCO1. The van der Waals surface area contributed by atoms with E-state index < -0.39 is 19.6 Å². The van der Waals surface area contributed by atoms with Crippen molar-refractivity contribution < 1.29 is 28.5 Å². The number of esters is 1. The van der Waals surface area contributed by atoms with E-state index >= 15 is 0 Å². The molecule has 0 bridgehead atoms. The molecule has 0 radical (unpaired) electrons. The van der Waals surface area contributed by atoms with Gasteiger partial charge in [-0.05, 0) is 80.6 Å². The van der Waals surface area contributed by atoms with E-state index in [-0.39, 0.29) is 12.2 Å². The molecule has 0 aliphatic carbocycles. The van der Waals surface area contributed by atoms with Crippen LogP contribution in [0, 0.1) is 0 Å². The summed E-state index contributed by atoms with van der Waals surface area (Å²) in [6, 6.07) is 18.9. The van der Waals surface area contributed by atoms with E-state index in [9.17, 15) is 9.59 Å². The van der Waals surface area contributed by atoms with Crippen LogP contribution in [0.4, 0.5) is 5.82 Å². The van der Waals surface area contributed by atoms with Crippen LogP contribution in [0.2, 0.25) is 25.7 Å². The third-order valence-corrected chi connectivity index (χ3v) is 11.5. The largest absolute Gasteiger partial charge is 0.455 e. The van der Waals surface area contributed by atoms with Crippen LogP contribution < -0.4 is 9.70 Å². The molecule has 2 aliphatic heterocycles. The average Bonchev–Trinajstić information content (AvgIpc) is 3.71. The van der Waals surface area contributed by atoms with Gasteiger partial charge in [0, 0.05) is 39.8 Å². The third kappa shape index (κ3) is 8.96. The Morgan fingerprint density at radius 3 is 2.58 bits per heavy atom. The van der Waals surface area contributed by atoms with E-state index in [1.54, 1.807) is 0 Å². The molecule has 4 heterocycles. The van der Waals surface area contributed by atoms with Crippen molar-refractivity contribution in [3.05, 3.63) is 87.3 Å². The molecule has 50 heavy (non-hydrogen) atoms. The minimum absolute atomic E-state index is 0.286. The standard InChI is InChI=1S/C38H48N4O6SSi/c1-38(2,3)48-36(44)34-27(15-17-33-46-20-21-47-33)14-16-32(39-34)41-19-18-26-10-9-11-28(29(26)24-41)35(43)40-37-42(25-45-22-23-50(4,5)6)30-12-7-8-13-31(30)49-37/h7-14,16,33H,15,17-25H2,1-6H3/b40-37+. The van der Waals surface area contributed by atoms with Gasteiger partial charge in [-0.25, -0.2) is 9.78 Å². The summed E-state index contributed by atoms with van der Waals surface area (Å²) in [4.78, 5) is 39.7. The first-order valence-electron chi connectivity index (χ1n) is 17.4. The van der Waals surface area contributed by atoms with Crippen LogP contribution in [0.3, 0.4) is 0 Å². The maximum absolute atomic E-state index is 14.0. The van der Waals surface area contributed by atoms with E-state index in [4.69, 9.17) is 28.9 Å². The van der Waals surface area contributed by atoms with Crippen LogP contribution in [0.5, 0.6) is 0 Å². The molecule has 1 fully saturated rings. The smallest absolute Gasteiger partial charge is 0.357 e. The summed E-state index contributed by atoms with van der Waals surface area (Å²) in [5.41, 5.74) is 4.01. The second-order valence-electron chi connectivity index (χ2n) is 15.0. The van der Waals surface area contributed by atoms with E-state index in [0.717, 1.165) is 39.4 Å². The predicted octanol–water partition coefficient (Wildman–Crippen LogP) is 6.97. The molecule has 1 amide bonds. The molecule has 0 N–H and O–H groups in total. The molecule has 1 saturated heterocycles. The van der Waals surface area contributed by atoms with Gasteiger partial charge in [0.1, 0.15) is 18.1 Å². The van der Waals surface area contributed by atoms with Crippen molar-refractivity contribution in [2.45, 2.75) is 90.9 Å². The van der Waals surface area contributed by atoms with Crippen molar-refractivity contribution in [2.75, 3.05) is 31.3 Å². The van der Waals surface area contributed by atoms with Crippen LogP contribution in [0.15, 0.2) is 59.6 Å². The molecule has 0 atom stereocenters. The summed E-state index contributed by atoms with van der Waals surface area (Å²) < 4.78 is 26.2. The van der Waals surface area contributed by atoms with Gasteiger partial charge in [0.25, 0.3) is 5.91 Å². The Kier molecular flexibility index (Phi) is 11.0. The van der Waals surface area contributed by atoms with Gasteiger partial charge in [-0.1, -0.05) is 61.3 Å². The monoisotopic (exact) mass is 716 g/mol. The van der Waals surface area contributed by atoms with Gasteiger partial charge in [-0.15, -0.1) is 0 Å². The fraction of sp³-hybridized carbons (Fsp3) is 0.474. The molecule has 2 aromatic heterocycles. The van der Waals surface area contributed by atoms with E-state index in [1.165, 1.54) is 11.3 Å². The van der Waals surface area contributed by atoms with Gasteiger partial charge >= 0.3 is 5.97 Å². The van der Waals surface area contributed by atoms with Gasteiger partial charge in [0.05, 0.1) is 23.4 Å². The van der Waals surface area contributed by atoms with Crippen LogP contribution >= 0.6 is 11.3 Å². The highest BCUT2D eigenvalue weighted by Gasteiger charge is 2.27. The van der Waals surface area contributed by atoms with Gasteiger partial charge in [-0.2, -0.15) is 4.99 Å². The fourth-order valence-electron chi connectivity index (χ4n) is 6.09. The Morgan fingerprint density at radius 2 is 1.82 bits per heavy atom. The van der Waals surface area contributed by atoms with Gasteiger partial charge < -0.3 is 23.8 Å². The number of rotatable bonds is 11. The maximum atomic E-state index is 14.0. The Balaban J connectivity index is 1.27. The normalized spacial score (nSPS) is 15.9. The first-order chi connectivity index (χ1) is 23.8. The van der Waals surface area contributed by atoms with Crippen molar-refractivity contribution in [2.24, 2.45) is 4.99 Å². The lowest BCUT2D eigenvalue weighted by Crippen LogP contribution is -2.33. The molecular formula is C38H48N4O6SSi. The van der Waals surface area contributed by atoms with E-state index in [0.29, 0.717) is 74.4 Å². The number of carbonyl (C=O) groups is 2. The Morgan fingerprint density at radius 1 is 1.04 bits per heavy atom. The zero-order valence-corrected chi connectivity index (χ0v) is 31.8. The summed E-state index contributed by atoms with van der Waals surface area (Å²) in [7, 11) is -1.24. The first kappa shape index (κ1) is 36.1. The number of hydrogen-bond acceptors (Lipinski definition) is 9. The fourth-order valence-corrected chi connectivity index (χ4v) is 7.87. The minimum atomic E-state index is -1.24. The number of benzene rings is 2. The van der Waals surface area contributed by atoms with Gasteiger partial charge in [0.15, 0.2) is 16.8 Å². The van der Waals surface area contributed by atoms with Crippen molar-refractivity contribution in [1.29, 1.82) is 0 Å². The number of fused-ring (bicyclic) bond motifs is 2. The lowest BCUT2D eigenvalue weighted by atomic mass is 9.94. The number of pyridine rings is 1. The van der Waals surface area contributed by atoms with E-state index in [1.807, 2.05) is 73.9 Å². The topological polar surface area (TPSA) is 104 Å². The number of aromatic nitrogens is 2. The number of nitrogens with zero attached hydrogens (tertiary/aromatic N) is 4. The zero-order chi connectivity index (χ0) is 35.5. The van der Waals surface area contributed by atoms with Crippen molar-refractivity contribution in [1.82, 2.24) is 9.55 Å². The van der Waals surface area contributed by atoms with Crippen LogP contribution in [-0.4, -0.2) is 67.8 Å². The van der Waals surface area contributed by atoms with Gasteiger partial charge in [0.2, 0.25) is 0 Å². The zero-order valence-electron chi connectivity index (χ0n) is 30.0. The van der Waals surface area contributed by atoms with Crippen molar-refractivity contribution in [3.63, 3.8) is 0 Å². The number of aryl methyl sites for hydroxylation is 1. The number of hydrogen-bond donors (Lipinski definition) is 0. The first-order valence-corrected chi connectivity index (χ1v) is 21.9. The number of carbonyl (C=O) groups excluding carboxylic acids is 2. The van der Waals surface area contributed by atoms with Crippen LogP contribution in [0.1, 0.15) is 64.7 Å². The lowest BCUT2D eigenvalue weighted by Gasteiger charge is -2.31. The van der Waals surface area contributed by atoms with Crippen LogP contribution in [0.25, 0.3) is 10.2 Å². The maximum Gasteiger partial charge on any atom is 0.357 e. The summed E-state index contributed by atoms with van der Waals surface area (Å²) in [5.74, 6) is -0.0957. The predicted molar refractivity (Wildman–Crippen MR) is 198 cm³/mol. The quantitative estimate of drug-likeness (QED) is 0.0932. The molecule has 10 nitrogen and oxygen atoms in total. The lowest BCUT2D eigenvalue weighted by molar-refractivity contribution is -0.0463. The van der Waals surface area contributed by atoms with E-state index in [2.05, 4.69) is 30.6 Å². The highest BCUT2D eigenvalue weighted by Crippen LogP contribution is 2.29. The van der Waals surface area contributed by atoms with Crippen molar-refractivity contribution in [3.8, 4) is 0 Å².